The number of rotatable bonds is 42. The molecule has 0 amide bonds. The number of aryl methyl sites for hydroxylation is 1. The summed E-state index contributed by atoms with van der Waals surface area (Å²) in [5.74, 6) is 5.42. The summed E-state index contributed by atoms with van der Waals surface area (Å²) in [6.45, 7) is 12.4. The van der Waals surface area contributed by atoms with Gasteiger partial charge in [-0.25, -0.2) is 0 Å². The van der Waals surface area contributed by atoms with Gasteiger partial charge in [0, 0.05) is 9.77 Å². The Bertz CT molecular complexity index is 1040. The second-order valence-corrected chi connectivity index (χ2v) is 13.2. The molecule has 15 nitrogen and oxygen atoms in total. The van der Waals surface area contributed by atoms with Crippen molar-refractivity contribution in [2.75, 3.05) is 132 Å². The van der Waals surface area contributed by atoms with Crippen LogP contribution in [-0.2, 0) is 77.1 Å². The minimum absolute atomic E-state index is 0.0621. The molecule has 1 rings (SSSR count). The van der Waals surface area contributed by atoms with E-state index in [2.05, 4.69) is 45.6 Å². The molecule has 1 unspecified atom stereocenters. The molecular formula is C38H69NO14S+. The van der Waals surface area contributed by atoms with Crippen molar-refractivity contribution < 1.29 is 64.6 Å². The van der Waals surface area contributed by atoms with E-state index in [1.165, 1.54) is 50.5 Å². The molecule has 1 aromatic carbocycles. The number of benzene rings is 1. The second-order valence-electron chi connectivity index (χ2n) is 11.9. The zero-order valence-electron chi connectivity index (χ0n) is 32.9. The minimum atomic E-state index is -4.14. The van der Waals surface area contributed by atoms with Crippen molar-refractivity contribution in [1.82, 2.24) is 0 Å². The molecule has 0 aliphatic carbocycles. The van der Waals surface area contributed by atoms with Crippen LogP contribution >= 0.6 is 0 Å². The lowest BCUT2D eigenvalue weighted by Gasteiger charge is -2.12. The maximum atomic E-state index is 10.8. The fraction of sp³-hybridized carbons (Fsp3) is 0.789. The van der Waals surface area contributed by atoms with E-state index in [0.29, 0.717) is 112 Å². The topological polar surface area (TPSA) is 174 Å². The van der Waals surface area contributed by atoms with Gasteiger partial charge >= 0.3 is 10.8 Å². The maximum absolute atomic E-state index is 10.8. The summed E-state index contributed by atoms with van der Waals surface area (Å²) in [5.41, 5.74) is 2.48. The highest BCUT2D eigenvalue weighted by Gasteiger charge is 2.32. The molecule has 0 saturated carbocycles. The normalized spacial score (nSPS) is 12.9. The van der Waals surface area contributed by atoms with Crippen molar-refractivity contribution in [1.29, 1.82) is 0 Å². The number of unbranched alkanes of at least 4 members (excludes halogenated alkanes) is 6. The summed E-state index contributed by atoms with van der Waals surface area (Å²) in [4.78, 5) is 0. The Morgan fingerprint density at radius 3 is 1.35 bits per heavy atom. The van der Waals surface area contributed by atoms with Gasteiger partial charge in [0.1, 0.15) is 23.5 Å². The maximum Gasteiger partial charge on any atom is 0.564 e. The third-order valence-electron chi connectivity index (χ3n) is 7.52. The largest absolute Gasteiger partial charge is 0.564 e. The van der Waals surface area contributed by atoms with E-state index in [9.17, 15) is 8.76 Å². The minimum Gasteiger partial charge on any atom is -0.491 e. The molecule has 0 bridgehead atoms. The molecule has 0 fully saturated rings. The predicted octanol–water partition coefficient (Wildman–Crippen LogP) is 5.12. The number of hydrogen-bond acceptors (Lipinski definition) is 14. The van der Waals surface area contributed by atoms with E-state index in [-0.39, 0.29) is 19.8 Å². The summed E-state index contributed by atoms with van der Waals surface area (Å²) in [6, 6.07) is 6.51. The van der Waals surface area contributed by atoms with E-state index in [1.807, 2.05) is 13.0 Å². The van der Waals surface area contributed by atoms with E-state index < -0.39 is 10.8 Å². The van der Waals surface area contributed by atoms with Crippen molar-refractivity contribution in [2.24, 2.45) is 5.90 Å². The highest BCUT2D eigenvalue weighted by Crippen LogP contribution is 2.23. The lowest BCUT2D eigenvalue weighted by atomic mass is 10.0. The molecule has 0 spiro atoms. The standard InChI is InChI=1S/C38H69NO14S/c1-3-5-6-7-8-9-10-12-36-13-14-38(37(35-36)11-4-2)51-33-31-49-29-27-47-25-23-45-21-19-43-17-15-42-16-18-44-20-22-46-24-26-48-28-30-50-32-34-52-54(40,41)53-39/h4,11,13-14,35H,3,5-10,12,15-34,39H2,1-2H3/q+1/b11-4+. The number of hydrogen-bond donors (Lipinski definition) is 1. The molecule has 1 radical (unpaired) electrons. The molecule has 1 atom stereocenters. The molecule has 315 valence electrons. The van der Waals surface area contributed by atoms with E-state index in [1.54, 1.807) is 0 Å². The molecule has 0 aliphatic rings. The Hall–Kier alpha value is -1.61. The Kier molecular flexibility index (Phi) is 35.7. The SMILES string of the molecule is C/C=C/c1cc(CCCCCCCCC)ccc1OCCOCCOCCOCCOCCOCCOCCOCCOCCOCCO[S+]([O])(=O)ON. The first-order valence-corrected chi connectivity index (χ1v) is 20.7. The third kappa shape index (κ3) is 32.6. The first-order chi connectivity index (χ1) is 26.5. The van der Waals surface area contributed by atoms with Gasteiger partial charge in [-0.15, -0.1) is 4.18 Å². The van der Waals surface area contributed by atoms with Gasteiger partial charge in [0.05, 0.1) is 119 Å². The monoisotopic (exact) mass is 795 g/mol. The Morgan fingerprint density at radius 2 is 0.944 bits per heavy atom. The quantitative estimate of drug-likeness (QED) is 0.0525. The van der Waals surface area contributed by atoms with Gasteiger partial charge in [-0.3, -0.25) is 0 Å². The smallest absolute Gasteiger partial charge is 0.491 e. The molecule has 1 aromatic rings. The molecule has 0 heterocycles. The Balaban J connectivity index is 1.80. The van der Waals surface area contributed by atoms with Crippen molar-refractivity contribution >= 4 is 16.9 Å². The van der Waals surface area contributed by atoms with Crippen LogP contribution in [0, 0.1) is 0 Å². The van der Waals surface area contributed by atoms with Gasteiger partial charge in [0.2, 0.25) is 0 Å². The summed E-state index contributed by atoms with van der Waals surface area (Å²) in [6.07, 6.45) is 14.5. The van der Waals surface area contributed by atoms with E-state index in [4.69, 9.17) is 47.4 Å². The zero-order chi connectivity index (χ0) is 39.1. The summed E-state index contributed by atoms with van der Waals surface area (Å²) in [7, 11) is -4.14. The molecule has 2 N–H and O–H groups in total. The highest BCUT2D eigenvalue weighted by molar-refractivity contribution is 7.88. The van der Waals surface area contributed by atoms with E-state index >= 15 is 0 Å². The van der Waals surface area contributed by atoms with Crippen LogP contribution in [0.25, 0.3) is 6.08 Å². The van der Waals surface area contributed by atoms with Crippen LogP contribution in [0.3, 0.4) is 0 Å². The summed E-state index contributed by atoms with van der Waals surface area (Å²) >= 11 is 0. The molecule has 54 heavy (non-hydrogen) atoms. The van der Waals surface area contributed by atoms with Crippen LogP contribution in [0.15, 0.2) is 24.3 Å². The van der Waals surface area contributed by atoms with E-state index in [0.717, 1.165) is 17.7 Å². The predicted molar refractivity (Wildman–Crippen MR) is 206 cm³/mol. The highest BCUT2D eigenvalue weighted by atomic mass is 32.3. The summed E-state index contributed by atoms with van der Waals surface area (Å²) in [5, 5.41) is 0. The van der Waals surface area contributed by atoms with Crippen LogP contribution in [-0.4, -0.2) is 132 Å². The van der Waals surface area contributed by atoms with Gasteiger partial charge in [0.25, 0.3) is 0 Å². The van der Waals surface area contributed by atoms with Crippen molar-refractivity contribution in [3.63, 3.8) is 0 Å². The number of allylic oxidation sites excluding steroid dienone is 1. The average molecular weight is 796 g/mol. The third-order valence-corrected chi connectivity index (χ3v) is 8.21. The van der Waals surface area contributed by atoms with Gasteiger partial charge in [-0.2, -0.15) is 5.90 Å². The van der Waals surface area contributed by atoms with Crippen molar-refractivity contribution in [2.45, 2.75) is 65.2 Å². The van der Waals surface area contributed by atoms with Crippen molar-refractivity contribution in [3.8, 4) is 5.75 Å². The van der Waals surface area contributed by atoms with Crippen LogP contribution in [0.2, 0.25) is 0 Å². The average Bonchev–Trinajstić information content (AvgIpc) is 3.17. The molecule has 16 heteroatoms. The first kappa shape index (κ1) is 50.4. The lowest BCUT2D eigenvalue weighted by Crippen LogP contribution is -2.22. The van der Waals surface area contributed by atoms with Gasteiger partial charge in [-0.1, -0.05) is 63.7 Å². The molecule has 0 aliphatic heterocycles. The van der Waals surface area contributed by atoms with Gasteiger partial charge in [-0.05, 0) is 41.7 Å². The molecule has 0 aromatic heterocycles. The van der Waals surface area contributed by atoms with Crippen LogP contribution < -0.4 is 10.6 Å². The van der Waals surface area contributed by atoms with Crippen LogP contribution in [0.4, 0.5) is 0 Å². The van der Waals surface area contributed by atoms with Crippen LogP contribution in [0.5, 0.6) is 5.75 Å². The Morgan fingerprint density at radius 1 is 0.556 bits per heavy atom. The summed E-state index contributed by atoms with van der Waals surface area (Å²) < 4.78 is 84.8. The van der Waals surface area contributed by atoms with Crippen LogP contribution in [0.1, 0.15) is 69.9 Å². The molecule has 0 saturated heterocycles. The molecular weight excluding hydrogens is 726 g/mol. The van der Waals surface area contributed by atoms with Crippen molar-refractivity contribution in [3.05, 3.63) is 35.4 Å². The number of nitrogens with two attached hydrogens (primary N) is 1. The fourth-order valence-electron chi connectivity index (χ4n) is 4.78. The van der Waals surface area contributed by atoms with Gasteiger partial charge in [0.15, 0.2) is 0 Å². The fourth-order valence-corrected chi connectivity index (χ4v) is 5.10. The van der Waals surface area contributed by atoms with Gasteiger partial charge < -0.3 is 47.4 Å². The zero-order valence-corrected chi connectivity index (χ0v) is 33.7. The second kappa shape index (κ2) is 38.3. The Labute approximate surface area is 325 Å². The number of ether oxygens (including phenoxy) is 10. The first-order valence-electron chi connectivity index (χ1n) is 19.4. The lowest BCUT2D eigenvalue weighted by molar-refractivity contribution is -0.0258.